The maximum Gasteiger partial charge on any atom is 0.317 e. The average molecular weight is 328 g/mol. The van der Waals surface area contributed by atoms with Crippen LogP contribution in [0.5, 0.6) is 0 Å². The molecule has 5 nitrogen and oxygen atoms in total. The third kappa shape index (κ3) is 3.55. The van der Waals surface area contributed by atoms with Crippen LogP contribution in [0.2, 0.25) is 0 Å². The van der Waals surface area contributed by atoms with E-state index in [1.807, 2.05) is 18.0 Å². The van der Waals surface area contributed by atoms with E-state index in [1.165, 1.54) is 24.8 Å². The zero-order valence-corrected chi connectivity index (χ0v) is 15.1. The number of aromatic nitrogens is 2. The van der Waals surface area contributed by atoms with Crippen molar-refractivity contribution in [3.63, 3.8) is 0 Å². The predicted octanol–water partition coefficient (Wildman–Crippen LogP) is 4.01. The lowest BCUT2D eigenvalue weighted by atomic mass is 9.85. The first-order valence-electron chi connectivity index (χ1n) is 8.92. The molecule has 1 fully saturated rings. The summed E-state index contributed by atoms with van der Waals surface area (Å²) in [5.41, 5.74) is 3.16. The smallest absolute Gasteiger partial charge is 0.317 e. The molecule has 5 heteroatoms. The van der Waals surface area contributed by atoms with Crippen molar-refractivity contribution in [3.05, 3.63) is 29.6 Å². The van der Waals surface area contributed by atoms with E-state index in [9.17, 15) is 4.79 Å². The Morgan fingerprint density at radius 1 is 1.42 bits per heavy atom. The zero-order valence-electron chi connectivity index (χ0n) is 15.1. The third-order valence-electron chi connectivity index (χ3n) is 5.00. The first-order valence-corrected chi connectivity index (χ1v) is 8.92. The number of nitrogens with zero attached hydrogens (tertiary/aromatic N) is 2. The van der Waals surface area contributed by atoms with Gasteiger partial charge in [0.05, 0.1) is 17.1 Å². The maximum atomic E-state index is 12.5. The lowest BCUT2D eigenvalue weighted by molar-refractivity contribution is 0.176. The molecule has 24 heavy (non-hydrogen) atoms. The van der Waals surface area contributed by atoms with Crippen molar-refractivity contribution in [2.45, 2.75) is 46.1 Å². The number of H-pyrrole nitrogens is 1. The van der Waals surface area contributed by atoms with Crippen LogP contribution in [0.1, 0.15) is 50.5 Å². The fraction of sp³-hybridized carbons (Fsp3) is 0.579. The highest BCUT2D eigenvalue weighted by molar-refractivity contribution is 5.77. The number of nitrogens with one attached hydrogen (secondary N) is 2. The van der Waals surface area contributed by atoms with E-state index in [-0.39, 0.29) is 18.0 Å². The van der Waals surface area contributed by atoms with Crippen molar-refractivity contribution in [2.75, 3.05) is 13.6 Å². The predicted molar refractivity (Wildman–Crippen MR) is 96.9 cm³/mol. The second kappa shape index (κ2) is 6.83. The summed E-state index contributed by atoms with van der Waals surface area (Å²) in [4.78, 5) is 22.4. The van der Waals surface area contributed by atoms with E-state index in [0.29, 0.717) is 5.92 Å². The summed E-state index contributed by atoms with van der Waals surface area (Å²) in [6.45, 7) is 7.12. The van der Waals surface area contributed by atoms with Crippen LogP contribution in [0, 0.1) is 18.8 Å². The second-order valence-corrected chi connectivity index (χ2v) is 7.49. The van der Waals surface area contributed by atoms with Crippen LogP contribution in [0.25, 0.3) is 11.0 Å². The second-order valence-electron chi connectivity index (χ2n) is 7.49. The standard InChI is InChI=1S/C19H28N4O/c1-12(2)17(22-19(24)23(4)11-14-6-5-7-14)18-20-15-9-8-13(3)10-16(15)21-18/h8-10,12,14,17H,5-7,11H2,1-4H3,(H,20,21)(H,22,24). The van der Waals surface area contributed by atoms with Gasteiger partial charge in [-0.3, -0.25) is 0 Å². The number of carbonyl (C=O) groups is 1. The van der Waals surface area contributed by atoms with Gasteiger partial charge in [0.1, 0.15) is 5.82 Å². The van der Waals surface area contributed by atoms with Crippen LogP contribution < -0.4 is 5.32 Å². The number of urea groups is 1. The number of hydrogen-bond donors (Lipinski definition) is 2. The van der Waals surface area contributed by atoms with Gasteiger partial charge in [-0.1, -0.05) is 26.3 Å². The lowest BCUT2D eigenvalue weighted by Gasteiger charge is -2.31. The molecular weight excluding hydrogens is 300 g/mol. The van der Waals surface area contributed by atoms with Crippen LogP contribution >= 0.6 is 0 Å². The molecule has 1 heterocycles. The van der Waals surface area contributed by atoms with Gasteiger partial charge in [0.15, 0.2) is 0 Å². The van der Waals surface area contributed by atoms with Crippen molar-refractivity contribution >= 4 is 17.1 Å². The lowest BCUT2D eigenvalue weighted by Crippen LogP contribution is -2.43. The highest BCUT2D eigenvalue weighted by Gasteiger charge is 2.26. The molecule has 0 saturated heterocycles. The molecule has 1 aliphatic carbocycles. The van der Waals surface area contributed by atoms with Gasteiger partial charge in [-0.2, -0.15) is 0 Å². The first kappa shape index (κ1) is 16.8. The molecular formula is C19H28N4O. The Hall–Kier alpha value is -2.04. The average Bonchev–Trinajstić information content (AvgIpc) is 2.90. The van der Waals surface area contributed by atoms with Crippen molar-refractivity contribution in [1.82, 2.24) is 20.2 Å². The summed E-state index contributed by atoms with van der Waals surface area (Å²) in [5, 5.41) is 3.15. The Kier molecular flexibility index (Phi) is 4.78. The number of benzene rings is 1. The molecule has 1 saturated carbocycles. The molecule has 1 aromatic heterocycles. The fourth-order valence-electron chi connectivity index (χ4n) is 3.23. The first-order chi connectivity index (χ1) is 11.4. The van der Waals surface area contributed by atoms with Gasteiger partial charge in [0.25, 0.3) is 0 Å². The Morgan fingerprint density at radius 3 is 2.79 bits per heavy atom. The largest absolute Gasteiger partial charge is 0.340 e. The van der Waals surface area contributed by atoms with Gasteiger partial charge < -0.3 is 15.2 Å². The fourth-order valence-corrected chi connectivity index (χ4v) is 3.23. The van der Waals surface area contributed by atoms with Gasteiger partial charge in [-0.25, -0.2) is 9.78 Å². The molecule has 2 aromatic rings. The van der Waals surface area contributed by atoms with E-state index in [4.69, 9.17) is 0 Å². The van der Waals surface area contributed by atoms with Gasteiger partial charge >= 0.3 is 6.03 Å². The minimum atomic E-state index is -0.117. The van der Waals surface area contributed by atoms with Crippen LogP contribution in [-0.2, 0) is 0 Å². The molecule has 3 rings (SSSR count). The molecule has 2 N–H and O–H groups in total. The highest BCUT2D eigenvalue weighted by atomic mass is 16.2. The van der Waals surface area contributed by atoms with E-state index >= 15 is 0 Å². The van der Waals surface area contributed by atoms with Crippen molar-refractivity contribution in [3.8, 4) is 0 Å². The highest BCUT2D eigenvalue weighted by Crippen LogP contribution is 2.27. The normalized spacial score (nSPS) is 16.2. The summed E-state index contributed by atoms with van der Waals surface area (Å²) in [6, 6.07) is 6.04. The van der Waals surface area contributed by atoms with Gasteiger partial charge in [-0.15, -0.1) is 0 Å². The summed E-state index contributed by atoms with van der Waals surface area (Å²) in [6.07, 6.45) is 3.79. The number of rotatable bonds is 5. The Morgan fingerprint density at radius 2 is 2.17 bits per heavy atom. The number of carbonyl (C=O) groups excluding carboxylic acids is 1. The van der Waals surface area contributed by atoms with E-state index in [0.717, 1.165) is 23.4 Å². The Balaban J connectivity index is 1.74. The molecule has 0 bridgehead atoms. The minimum absolute atomic E-state index is 0.0164. The maximum absolute atomic E-state index is 12.5. The van der Waals surface area contributed by atoms with Gasteiger partial charge in [-0.05, 0) is 49.3 Å². The summed E-state index contributed by atoms with van der Waals surface area (Å²) < 4.78 is 0. The van der Waals surface area contributed by atoms with E-state index < -0.39 is 0 Å². The number of imidazole rings is 1. The molecule has 1 atom stereocenters. The van der Waals surface area contributed by atoms with Gasteiger partial charge in [0.2, 0.25) is 0 Å². The van der Waals surface area contributed by atoms with E-state index in [2.05, 4.69) is 48.2 Å². The molecule has 0 aliphatic heterocycles. The summed E-state index contributed by atoms with van der Waals surface area (Å²) >= 11 is 0. The van der Waals surface area contributed by atoms with Crippen LogP contribution in [0.4, 0.5) is 4.79 Å². The quantitative estimate of drug-likeness (QED) is 0.871. The number of fused-ring (bicyclic) bond motifs is 1. The van der Waals surface area contributed by atoms with E-state index in [1.54, 1.807) is 0 Å². The summed E-state index contributed by atoms with van der Waals surface area (Å²) in [7, 11) is 1.88. The third-order valence-corrected chi connectivity index (χ3v) is 5.00. The van der Waals surface area contributed by atoms with Crippen LogP contribution in [0.3, 0.4) is 0 Å². The molecule has 1 aliphatic rings. The topological polar surface area (TPSA) is 61.0 Å². The molecule has 130 valence electrons. The van der Waals surface area contributed by atoms with Crippen molar-refractivity contribution in [1.29, 1.82) is 0 Å². The number of aromatic amines is 1. The molecule has 2 amide bonds. The van der Waals surface area contributed by atoms with Crippen molar-refractivity contribution < 1.29 is 4.79 Å². The molecule has 1 aromatic carbocycles. The summed E-state index contributed by atoms with van der Waals surface area (Å²) in [5.74, 6) is 1.76. The Labute approximate surface area is 143 Å². The van der Waals surface area contributed by atoms with Gasteiger partial charge in [0, 0.05) is 13.6 Å². The molecule has 1 unspecified atom stereocenters. The minimum Gasteiger partial charge on any atom is -0.340 e. The Bertz CT molecular complexity index is 717. The number of amides is 2. The zero-order chi connectivity index (χ0) is 17.3. The molecule has 0 spiro atoms. The SMILES string of the molecule is Cc1ccc2nc(C(NC(=O)N(C)CC3CCC3)C(C)C)[nH]c2c1. The van der Waals surface area contributed by atoms with Crippen LogP contribution in [0.15, 0.2) is 18.2 Å². The number of aryl methyl sites for hydroxylation is 1. The van der Waals surface area contributed by atoms with Crippen molar-refractivity contribution in [2.24, 2.45) is 11.8 Å². The number of hydrogen-bond acceptors (Lipinski definition) is 2. The monoisotopic (exact) mass is 328 g/mol. The van der Waals surface area contributed by atoms with Crippen LogP contribution in [-0.4, -0.2) is 34.5 Å². The molecule has 0 radical (unpaired) electrons.